The summed E-state index contributed by atoms with van der Waals surface area (Å²) in [7, 11) is -12.1. The second-order valence-electron chi connectivity index (χ2n) is 26.0. The molecule has 1 amide bonds. The number of aliphatic hydroxyl groups is 1. The number of hydrogen-bond acceptors (Lipinski definition) is 21. The maximum Gasteiger partial charge on any atom is 0.327 e. The molecule has 2 N–H and O–H groups in total. The maximum atomic E-state index is 13.0. The zero-order valence-electron chi connectivity index (χ0n) is 57.7. The second kappa shape index (κ2) is 44.7. The Hall–Kier alpha value is -2.70. The molecule has 0 aliphatic heterocycles. The van der Waals surface area contributed by atoms with Crippen molar-refractivity contribution in [3.8, 4) is 0 Å². The molecule has 0 aromatic heterocycles. The molecule has 0 bridgehead atoms. The van der Waals surface area contributed by atoms with Crippen molar-refractivity contribution in [3.63, 3.8) is 0 Å². The van der Waals surface area contributed by atoms with E-state index in [4.69, 9.17) is 41.1 Å². The SMILES string of the molecule is C=C(CCC(C)=O)CC[C@](C)(COP(C)(=O)CCCC(C)(C)C)CC(=C)CCC(C)=O.CC(=O)NCCOP(C)(=O)OC[C@@](C)(COC(C)=O)OC(C)=O.CCC(C)(C)COP(C)(=O)OCCC(C)C.CCCOP(C)(=O)OC[C@](C)(O)COC(C)=O. The van der Waals surface area contributed by atoms with E-state index in [2.05, 4.69) is 85.5 Å². The van der Waals surface area contributed by atoms with Crippen LogP contribution in [0.25, 0.3) is 0 Å². The molecule has 87 heavy (non-hydrogen) atoms. The standard InChI is InChI=1S/C26H47O4P.C13H24NO8P.C12H27O3P.C10H21O6P/c1-21(11-13-23(3)27)15-17-26(8,19-22(2)12-14-24(4)28)20-30-31(9,29)18-10-16-25(5,6)7;1-10(15)14-6-7-20-23(5,18)21-9-13(4,22-12(3)17)8-19-11(2)16;1-7-12(4,5)10-15-16(6,13)14-9-8-11(2)3;1-5-6-15-17(4,13)16-8-10(3,12)7-14-9(2)11/h1-2,10-20H2,3-9H3;6-9H2,1-5H3,(H,14,15);11H,7-10H2,1-6H3;12H,5-8H2,1-4H3/t26-,31?;13-,23?;;10-,17?/m01.1/s1. The average molecular weight is 1330 g/mol. The fraction of sp³-hybridized carbons (Fsp3) is 0.836. The Balaban J connectivity index is -0.000000548. The van der Waals surface area contributed by atoms with E-state index in [1.165, 1.54) is 54.9 Å². The zero-order valence-corrected chi connectivity index (χ0v) is 61.2. The van der Waals surface area contributed by atoms with E-state index in [1.54, 1.807) is 27.2 Å². The number of carbonyl (C=O) groups is 6. The molecule has 0 saturated heterocycles. The molecular formula is C61H119NO21P4. The molecule has 0 aromatic rings. The summed E-state index contributed by atoms with van der Waals surface area (Å²) in [4.78, 5) is 65.9. The Labute approximate surface area is 524 Å². The van der Waals surface area contributed by atoms with Crippen LogP contribution in [0.15, 0.2) is 24.3 Å². The van der Waals surface area contributed by atoms with Gasteiger partial charge in [-0.25, -0.2) is 0 Å². The van der Waals surface area contributed by atoms with Crippen molar-refractivity contribution < 1.29 is 98.0 Å². The smallest absolute Gasteiger partial charge is 0.327 e. The van der Waals surface area contributed by atoms with Gasteiger partial charge in [0.2, 0.25) is 5.91 Å². The number of allylic oxidation sites excluding steroid dienone is 2. The Morgan fingerprint density at radius 2 is 1.01 bits per heavy atom. The van der Waals surface area contributed by atoms with Gasteiger partial charge in [0, 0.05) is 79.9 Å². The Morgan fingerprint density at radius 3 is 1.46 bits per heavy atom. The number of carbonyl (C=O) groups excluding carboxylic acids is 6. The molecule has 0 aromatic carbocycles. The fourth-order valence-corrected chi connectivity index (χ4v) is 11.3. The summed E-state index contributed by atoms with van der Waals surface area (Å²) in [6, 6.07) is 0. The molecule has 0 radical (unpaired) electrons. The minimum absolute atomic E-state index is 0.00157. The predicted molar refractivity (Wildman–Crippen MR) is 346 cm³/mol. The van der Waals surface area contributed by atoms with Crippen molar-refractivity contribution in [2.24, 2.45) is 22.2 Å². The minimum atomic E-state index is -3.42. The molecule has 0 spiro atoms. The third-order valence-corrected chi connectivity index (χ3v) is 17.9. The highest BCUT2D eigenvalue weighted by Crippen LogP contribution is 2.49. The number of nitrogens with one attached hydrogen (secondary N) is 1. The molecule has 22 nitrogen and oxygen atoms in total. The third-order valence-electron chi connectivity index (χ3n) is 12.4. The number of Topliss-reactive ketones (excluding diaryl/α,β-unsaturated/α-hetero) is 2. The monoisotopic (exact) mass is 1330 g/mol. The predicted octanol–water partition coefficient (Wildman–Crippen LogP) is 14.5. The van der Waals surface area contributed by atoms with Crippen LogP contribution in [0.4, 0.5) is 0 Å². The van der Waals surface area contributed by atoms with Gasteiger partial charge in [0.15, 0.2) is 13.0 Å². The first-order valence-electron chi connectivity index (χ1n) is 29.9. The van der Waals surface area contributed by atoms with Gasteiger partial charge in [-0.1, -0.05) is 93.5 Å². The van der Waals surface area contributed by atoms with Gasteiger partial charge < -0.3 is 65.9 Å². The summed E-state index contributed by atoms with van der Waals surface area (Å²) in [6.07, 6.45) is 9.89. The van der Waals surface area contributed by atoms with Crippen LogP contribution in [0.5, 0.6) is 0 Å². The van der Waals surface area contributed by atoms with Crippen LogP contribution in [-0.4, -0.2) is 151 Å². The van der Waals surface area contributed by atoms with Crippen LogP contribution in [0.3, 0.4) is 0 Å². The first-order valence-corrected chi connectivity index (χ1v) is 38.1. The summed E-state index contributed by atoms with van der Waals surface area (Å²) in [5, 5.41) is 12.3. The van der Waals surface area contributed by atoms with E-state index in [1.807, 2.05) is 6.92 Å². The van der Waals surface area contributed by atoms with Crippen molar-refractivity contribution in [3.05, 3.63) is 24.3 Å². The third kappa shape index (κ3) is 61.9. The summed E-state index contributed by atoms with van der Waals surface area (Å²) < 4.78 is 100. The maximum absolute atomic E-state index is 13.0. The van der Waals surface area contributed by atoms with Crippen molar-refractivity contribution in [1.29, 1.82) is 0 Å². The summed E-state index contributed by atoms with van der Waals surface area (Å²) >= 11 is 0. The highest BCUT2D eigenvalue weighted by molar-refractivity contribution is 7.58. The number of esters is 3. The lowest BCUT2D eigenvalue weighted by molar-refractivity contribution is -0.171. The van der Waals surface area contributed by atoms with Gasteiger partial charge in [-0.2, -0.15) is 0 Å². The molecule has 514 valence electrons. The molecule has 0 rings (SSSR count). The lowest BCUT2D eigenvalue weighted by Gasteiger charge is -2.32. The van der Waals surface area contributed by atoms with Gasteiger partial charge in [0.05, 0.1) is 46.2 Å². The van der Waals surface area contributed by atoms with Gasteiger partial charge in [-0.05, 0) is 114 Å². The van der Waals surface area contributed by atoms with Gasteiger partial charge in [-0.3, -0.25) is 37.4 Å². The zero-order chi connectivity index (χ0) is 68.7. The van der Waals surface area contributed by atoms with Crippen LogP contribution in [0.2, 0.25) is 0 Å². The van der Waals surface area contributed by atoms with E-state index in [-0.39, 0.29) is 73.3 Å². The number of ketones is 2. The Bertz CT molecular complexity index is 2280. The molecule has 0 heterocycles. The van der Waals surface area contributed by atoms with Crippen molar-refractivity contribution in [1.82, 2.24) is 5.32 Å². The van der Waals surface area contributed by atoms with Gasteiger partial charge in [0.1, 0.15) is 30.4 Å². The summed E-state index contributed by atoms with van der Waals surface area (Å²) in [6.45, 7) is 47.4. The first kappa shape index (κ1) is 90.7. The minimum Gasteiger partial charge on any atom is -0.463 e. The van der Waals surface area contributed by atoms with Crippen LogP contribution in [0, 0.1) is 22.2 Å². The molecule has 0 aliphatic carbocycles. The second-order valence-corrected chi connectivity index (χ2v) is 34.9. The number of amides is 1. The quantitative estimate of drug-likeness (QED) is 0.0188. The van der Waals surface area contributed by atoms with Crippen molar-refractivity contribution >= 4 is 65.5 Å². The number of rotatable bonds is 43. The summed E-state index contributed by atoms with van der Waals surface area (Å²) in [5.74, 6) is -0.973. The largest absolute Gasteiger partial charge is 0.463 e. The van der Waals surface area contributed by atoms with E-state index in [0.717, 1.165) is 62.5 Å². The number of ether oxygens (including phenoxy) is 3. The van der Waals surface area contributed by atoms with Gasteiger partial charge >= 0.3 is 40.7 Å². The average Bonchev–Trinajstić information content (AvgIpc) is 3.55. The van der Waals surface area contributed by atoms with Crippen LogP contribution >= 0.6 is 30.2 Å². The molecule has 4 unspecified atom stereocenters. The van der Waals surface area contributed by atoms with E-state index in [9.17, 15) is 52.1 Å². The Kier molecular flexibility index (Phi) is 46.7. The van der Waals surface area contributed by atoms with Crippen molar-refractivity contribution in [2.75, 3.05) is 98.8 Å². The first-order chi connectivity index (χ1) is 39.4. The molecular weight excluding hydrogens is 1210 g/mol. The normalized spacial score (nSPS) is 16.4. The van der Waals surface area contributed by atoms with E-state index < -0.39 is 59.3 Å². The molecule has 26 heteroatoms. The molecule has 0 fully saturated rings. The van der Waals surface area contributed by atoms with Crippen molar-refractivity contribution in [2.45, 2.75) is 213 Å². The molecule has 0 saturated carbocycles. The van der Waals surface area contributed by atoms with E-state index in [0.29, 0.717) is 64.2 Å². The molecule has 0 aliphatic rings. The number of hydrogen-bond donors (Lipinski definition) is 2. The lowest BCUT2D eigenvalue weighted by Crippen LogP contribution is -2.41. The van der Waals surface area contributed by atoms with Crippen LogP contribution in [-0.2, 0) is 92.9 Å². The molecule has 7 atom stereocenters. The van der Waals surface area contributed by atoms with E-state index >= 15 is 0 Å². The highest BCUT2D eigenvalue weighted by atomic mass is 31.2. The lowest BCUT2D eigenvalue weighted by atomic mass is 9.78. The fourth-order valence-electron chi connectivity index (χ4n) is 6.63. The van der Waals surface area contributed by atoms with Gasteiger partial charge in [-0.15, -0.1) is 0 Å². The van der Waals surface area contributed by atoms with Crippen LogP contribution in [0.1, 0.15) is 202 Å². The topological polar surface area (TPSA) is 295 Å². The summed E-state index contributed by atoms with van der Waals surface area (Å²) in [5.41, 5.74) is -0.536. The van der Waals surface area contributed by atoms with Crippen LogP contribution < -0.4 is 5.32 Å². The Morgan fingerprint density at radius 1 is 0.540 bits per heavy atom. The van der Waals surface area contributed by atoms with Gasteiger partial charge in [0.25, 0.3) is 0 Å². The highest BCUT2D eigenvalue weighted by Gasteiger charge is 2.34.